The van der Waals surface area contributed by atoms with Crippen molar-refractivity contribution >= 4 is 11.9 Å². The zero-order valence-electron chi connectivity index (χ0n) is 17.7. The first-order chi connectivity index (χ1) is 13.5. The van der Waals surface area contributed by atoms with Crippen LogP contribution in [0.5, 0.6) is 0 Å². The van der Waals surface area contributed by atoms with Gasteiger partial charge in [0.05, 0.1) is 18.8 Å². The summed E-state index contributed by atoms with van der Waals surface area (Å²) >= 11 is 0. The summed E-state index contributed by atoms with van der Waals surface area (Å²) in [6, 6.07) is 0. The number of rotatable bonds is 9. The quantitative estimate of drug-likeness (QED) is 0.308. The van der Waals surface area contributed by atoms with E-state index in [1.165, 1.54) is 0 Å². The predicted molar refractivity (Wildman–Crippen MR) is 109 cm³/mol. The first-order valence-electron chi connectivity index (χ1n) is 10.2. The molecule has 0 spiro atoms. The average Bonchev–Trinajstić information content (AvgIpc) is 2.73. The van der Waals surface area contributed by atoms with Crippen molar-refractivity contribution in [1.82, 2.24) is 20.4 Å². The predicted octanol–water partition coefficient (Wildman–Crippen LogP) is -0.472. The third-order valence-corrected chi connectivity index (χ3v) is 5.33. The Morgan fingerprint density at radius 3 is 2.46 bits per heavy atom. The van der Waals surface area contributed by atoms with Crippen LogP contribution in [0.2, 0.25) is 0 Å². The van der Waals surface area contributed by atoms with E-state index in [1.54, 1.807) is 26.1 Å². The van der Waals surface area contributed by atoms with Gasteiger partial charge in [0.2, 0.25) is 5.91 Å². The summed E-state index contributed by atoms with van der Waals surface area (Å²) in [7, 11) is 5.22. The highest BCUT2D eigenvalue weighted by Gasteiger charge is 2.32. The number of morpholine rings is 1. The number of methoxy groups -OCH3 is 1. The van der Waals surface area contributed by atoms with Crippen LogP contribution in [-0.4, -0.2) is 114 Å². The van der Waals surface area contributed by atoms with Crippen molar-refractivity contribution in [1.29, 1.82) is 0 Å². The molecule has 0 saturated carbocycles. The van der Waals surface area contributed by atoms with Crippen molar-refractivity contribution in [2.75, 3.05) is 86.9 Å². The number of ether oxygens (including phenoxy) is 3. The molecule has 2 N–H and O–H groups in total. The van der Waals surface area contributed by atoms with Crippen molar-refractivity contribution in [2.45, 2.75) is 24.9 Å². The van der Waals surface area contributed by atoms with Gasteiger partial charge < -0.3 is 29.7 Å². The maximum atomic E-state index is 11.9. The Bertz CT molecular complexity index is 489. The van der Waals surface area contributed by atoms with Gasteiger partial charge in [-0.15, -0.1) is 0 Å². The number of aliphatic imine (C=N–C) groups is 1. The van der Waals surface area contributed by atoms with Crippen LogP contribution in [0.4, 0.5) is 0 Å². The van der Waals surface area contributed by atoms with Crippen LogP contribution in [0, 0.1) is 0 Å². The Kier molecular flexibility index (Phi) is 9.97. The number of amides is 1. The van der Waals surface area contributed by atoms with E-state index in [1.807, 2.05) is 0 Å². The van der Waals surface area contributed by atoms with Gasteiger partial charge in [0.15, 0.2) is 5.96 Å². The largest absolute Gasteiger partial charge is 0.381 e. The number of hydrogen-bond acceptors (Lipinski definition) is 6. The molecular weight excluding hydrogens is 362 g/mol. The van der Waals surface area contributed by atoms with Crippen LogP contribution < -0.4 is 10.6 Å². The van der Waals surface area contributed by atoms with Gasteiger partial charge in [-0.2, -0.15) is 0 Å². The fourth-order valence-electron chi connectivity index (χ4n) is 3.24. The summed E-state index contributed by atoms with van der Waals surface area (Å²) in [4.78, 5) is 20.3. The Balaban J connectivity index is 1.82. The second-order valence-electron chi connectivity index (χ2n) is 7.54. The molecule has 2 aliphatic rings. The number of nitrogens with one attached hydrogen (secondary N) is 2. The monoisotopic (exact) mass is 399 g/mol. The summed E-state index contributed by atoms with van der Waals surface area (Å²) in [5.41, 5.74) is -0.250. The van der Waals surface area contributed by atoms with E-state index in [0.717, 1.165) is 58.7 Å². The van der Waals surface area contributed by atoms with E-state index >= 15 is 0 Å². The average molecular weight is 400 g/mol. The molecule has 0 radical (unpaired) electrons. The lowest BCUT2D eigenvalue weighted by Crippen LogP contribution is -2.51. The minimum Gasteiger partial charge on any atom is -0.381 e. The lowest BCUT2D eigenvalue weighted by molar-refractivity contribution is -0.127. The van der Waals surface area contributed by atoms with Gasteiger partial charge in [0.25, 0.3) is 0 Å². The first kappa shape index (κ1) is 22.9. The van der Waals surface area contributed by atoms with E-state index in [9.17, 15) is 4.79 Å². The molecule has 2 heterocycles. The van der Waals surface area contributed by atoms with Crippen LogP contribution >= 0.6 is 0 Å². The van der Waals surface area contributed by atoms with Gasteiger partial charge >= 0.3 is 0 Å². The maximum Gasteiger partial charge on any atom is 0.243 e. The number of hydrogen-bond donors (Lipinski definition) is 2. The molecule has 1 amide bonds. The van der Waals surface area contributed by atoms with Crippen LogP contribution in [0.1, 0.15) is 19.3 Å². The van der Waals surface area contributed by atoms with Crippen molar-refractivity contribution in [3.8, 4) is 0 Å². The Hall–Kier alpha value is -1.42. The summed E-state index contributed by atoms with van der Waals surface area (Å²) in [6.07, 6.45) is 2.69. The Morgan fingerprint density at radius 2 is 1.82 bits per heavy atom. The van der Waals surface area contributed by atoms with Crippen molar-refractivity contribution in [3.05, 3.63) is 0 Å². The van der Waals surface area contributed by atoms with Gasteiger partial charge in [0, 0.05) is 73.4 Å². The Morgan fingerprint density at radius 1 is 1.14 bits per heavy atom. The molecule has 0 aliphatic carbocycles. The smallest absolute Gasteiger partial charge is 0.243 e. The minimum atomic E-state index is -0.250. The summed E-state index contributed by atoms with van der Waals surface area (Å²) in [5.74, 6) is 0.627. The molecule has 0 aromatic rings. The van der Waals surface area contributed by atoms with Crippen molar-refractivity contribution < 1.29 is 19.0 Å². The molecule has 28 heavy (non-hydrogen) atoms. The molecule has 0 aromatic carbocycles. The van der Waals surface area contributed by atoms with Gasteiger partial charge in [-0.05, 0) is 13.0 Å². The Labute approximate surface area is 168 Å². The number of guanidine groups is 1. The highest BCUT2D eigenvalue weighted by Crippen LogP contribution is 2.23. The molecule has 0 atom stereocenters. The summed E-state index contributed by atoms with van der Waals surface area (Å²) < 4.78 is 16.6. The normalized spacial score (nSPS) is 20.6. The zero-order chi connectivity index (χ0) is 20.2. The molecule has 2 rings (SSSR count). The first-order valence-corrected chi connectivity index (χ1v) is 10.2. The topological polar surface area (TPSA) is 87.7 Å². The standard InChI is InChI=1S/C19H37N5O4/c1-23(2)17(25)15-21-18(20-7-4-8-24-9-13-28-14-10-24)22-16-19(26-3)5-11-27-12-6-19/h4-16H2,1-3H3,(H2,20,21,22). The zero-order valence-corrected chi connectivity index (χ0v) is 17.7. The molecule has 2 aliphatic heterocycles. The summed E-state index contributed by atoms with van der Waals surface area (Å²) in [6.45, 7) is 7.61. The number of carbonyl (C=O) groups is 1. The van der Waals surface area contributed by atoms with E-state index in [-0.39, 0.29) is 18.1 Å². The number of carbonyl (C=O) groups excluding carboxylic acids is 1. The van der Waals surface area contributed by atoms with Crippen LogP contribution in [0.3, 0.4) is 0 Å². The van der Waals surface area contributed by atoms with Crippen LogP contribution in [0.15, 0.2) is 4.99 Å². The highest BCUT2D eigenvalue weighted by molar-refractivity contribution is 5.84. The van der Waals surface area contributed by atoms with Gasteiger partial charge in [-0.1, -0.05) is 0 Å². The lowest BCUT2D eigenvalue weighted by Gasteiger charge is -2.36. The SMILES string of the molecule is COC1(CNC(=NCC(=O)N(C)C)NCCCN2CCOCC2)CCOCC1. The number of likely N-dealkylation sites (N-methyl/N-ethyl adjacent to an activating group) is 1. The molecule has 9 nitrogen and oxygen atoms in total. The fraction of sp³-hybridized carbons (Fsp3) is 0.895. The van der Waals surface area contributed by atoms with Gasteiger partial charge in [-0.25, -0.2) is 4.99 Å². The second-order valence-corrected chi connectivity index (χ2v) is 7.54. The third-order valence-electron chi connectivity index (χ3n) is 5.33. The molecule has 2 saturated heterocycles. The number of nitrogens with zero attached hydrogens (tertiary/aromatic N) is 3. The molecular formula is C19H37N5O4. The van der Waals surface area contributed by atoms with E-state index < -0.39 is 0 Å². The van der Waals surface area contributed by atoms with Crippen LogP contribution in [0.25, 0.3) is 0 Å². The van der Waals surface area contributed by atoms with Crippen molar-refractivity contribution in [2.24, 2.45) is 4.99 Å². The summed E-state index contributed by atoms with van der Waals surface area (Å²) in [5, 5.41) is 6.73. The third kappa shape index (κ3) is 7.90. The molecule has 0 aromatic heterocycles. The molecule has 2 fully saturated rings. The van der Waals surface area contributed by atoms with Gasteiger partial charge in [-0.3, -0.25) is 9.69 Å². The highest BCUT2D eigenvalue weighted by atomic mass is 16.5. The second kappa shape index (κ2) is 12.2. The lowest BCUT2D eigenvalue weighted by atomic mass is 9.94. The molecule has 9 heteroatoms. The maximum absolute atomic E-state index is 11.9. The molecule has 0 bridgehead atoms. The van der Waals surface area contributed by atoms with E-state index in [2.05, 4.69) is 20.5 Å². The van der Waals surface area contributed by atoms with Crippen LogP contribution in [-0.2, 0) is 19.0 Å². The molecule has 0 unspecified atom stereocenters. The van der Waals surface area contributed by atoms with Gasteiger partial charge in [0.1, 0.15) is 6.54 Å². The van der Waals surface area contributed by atoms with E-state index in [4.69, 9.17) is 14.2 Å². The molecule has 162 valence electrons. The van der Waals surface area contributed by atoms with Crippen molar-refractivity contribution in [3.63, 3.8) is 0 Å². The van der Waals surface area contributed by atoms with E-state index in [0.29, 0.717) is 25.7 Å². The fourth-order valence-corrected chi connectivity index (χ4v) is 3.24. The minimum absolute atomic E-state index is 0.0260.